The van der Waals surface area contributed by atoms with Gasteiger partial charge in [0.25, 0.3) is 0 Å². The normalized spacial score (nSPS) is 21.0. The van der Waals surface area contributed by atoms with Crippen LogP contribution in [-0.4, -0.2) is 38.4 Å². The summed E-state index contributed by atoms with van der Waals surface area (Å²) in [5.41, 5.74) is 3.46. The SMILES string of the molecule is O=S(=O)(Cc1ccccc1)N1CCN2c3ccccc3CC2C1. The summed E-state index contributed by atoms with van der Waals surface area (Å²) < 4.78 is 27.1. The first-order chi connectivity index (χ1) is 11.1. The Morgan fingerprint density at radius 3 is 2.52 bits per heavy atom. The second-order valence-corrected chi connectivity index (χ2v) is 8.25. The summed E-state index contributed by atoms with van der Waals surface area (Å²) in [6.07, 6.45) is 0.938. The molecule has 4 nitrogen and oxygen atoms in total. The summed E-state index contributed by atoms with van der Waals surface area (Å²) in [5.74, 6) is 0.0908. The van der Waals surface area contributed by atoms with Crippen molar-refractivity contribution in [1.29, 1.82) is 0 Å². The van der Waals surface area contributed by atoms with Gasteiger partial charge in [-0.15, -0.1) is 0 Å². The van der Waals surface area contributed by atoms with Crippen LogP contribution in [0.3, 0.4) is 0 Å². The zero-order chi connectivity index (χ0) is 15.9. The molecule has 2 aliphatic heterocycles. The van der Waals surface area contributed by atoms with E-state index in [4.69, 9.17) is 0 Å². The van der Waals surface area contributed by atoms with Crippen molar-refractivity contribution < 1.29 is 8.42 Å². The zero-order valence-electron chi connectivity index (χ0n) is 12.9. The molecule has 5 heteroatoms. The van der Waals surface area contributed by atoms with Crippen LogP contribution in [0.1, 0.15) is 11.1 Å². The van der Waals surface area contributed by atoms with Crippen molar-refractivity contribution in [3.05, 3.63) is 65.7 Å². The van der Waals surface area contributed by atoms with E-state index in [2.05, 4.69) is 29.2 Å². The lowest BCUT2D eigenvalue weighted by molar-refractivity contribution is 0.339. The minimum atomic E-state index is -3.26. The lowest BCUT2D eigenvalue weighted by atomic mass is 10.1. The van der Waals surface area contributed by atoms with Gasteiger partial charge in [-0.3, -0.25) is 0 Å². The van der Waals surface area contributed by atoms with Gasteiger partial charge in [-0.05, 0) is 23.6 Å². The summed E-state index contributed by atoms with van der Waals surface area (Å²) in [4.78, 5) is 2.36. The molecule has 2 aromatic carbocycles. The predicted molar refractivity (Wildman–Crippen MR) is 91.9 cm³/mol. The summed E-state index contributed by atoms with van der Waals surface area (Å²) in [5, 5.41) is 0. The maximum absolute atomic E-state index is 12.7. The third kappa shape index (κ3) is 2.75. The molecule has 0 N–H and O–H groups in total. The highest BCUT2D eigenvalue weighted by Gasteiger charge is 2.37. The molecule has 1 saturated heterocycles. The highest BCUT2D eigenvalue weighted by molar-refractivity contribution is 7.88. The van der Waals surface area contributed by atoms with E-state index < -0.39 is 10.0 Å². The monoisotopic (exact) mass is 328 g/mol. The number of piperazine rings is 1. The molecule has 2 aliphatic rings. The average molecular weight is 328 g/mol. The maximum Gasteiger partial charge on any atom is 0.218 e. The lowest BCUT2D eigenvalue weighted by Gasteiger charge is -2.38. The van der Waals surface area contributed by atoms with Gasteiger partial charge in [0.1, 0.15) is 0 Å². The van der Waals surface area contributed by atoms with Gasteiger partial charge in [0.2, 0.25) is 10.0 Å². The Balaban J connectivity index is 1.51. The van der Waals surface area contributed by atoms with Crippen LogP contribution in [0.15, 0.2) is 54.6 Å². The van der Waals surface area contributed by atoms with E-state index in [0.717, 1.165) is 18.5 Å². The number of benzene rings is 2. The molecule has 2 heterocycles. The lowest BCUT2D eigenvalue weighted by Crippen LogP contribution is -2.53. The van der Waals surface area contributed by atoms with Crippen molar-refractivity contribution in [3.63, 3.8) is 0 Å². The smallest absolute Gasteiger partial charge is 0.218 e. The molecule has 1 atom stereocenters. The largest absolute Gasteiger partial charge is 0.365 e. The molecule has 0 aromatic heterocycles. The molecule has 1 unspecified atom stereocenters. The minimum Gasteiger partial charge on any atom is -0.365 e. The van der Waals surface area contributed by atoms with Crippen LogP contribution in [-0.2, 0) is 22.2 Å². The molecule has 0 aliphatic carbocycles. The fourth-order valence-electron chi connectivity index (χ4n) is 3.66. The first-order valence-electron chi connectivity index (χ1n) is 8.00. The molecule has 0 bridgehead atoms. The van der Waals surface area contributed by atoms with Crippen LogP contribution >= 0.6 is 0 Å². The van der Waals surface area contributed by atoms with Crippen molar-refractivity contribution in [2.24, 2.45) is 0 Å². The van der Waals surface area contributed by atoms with Crippen LogP contribution < -0.4 is 4.90 Å². The summed E-state index contributed by atoms with van der Waals surface area (Å²) in [7, 11) is -3.26. The predicted octanol–water partition coefficient (Wildman–Crippen LogP) is 2.26. The van der Waals surface area contributed by atoms with Crippen molar-refractivity contribution in [2.45, 2.75) is 18.2 Å². The van der Waals surface area contributed by atoms with E-state index in [9.17, 15) is 8.42 Å². The zero-order valence-corrected chi connectivity index (χ0v) is 13.7. The number of para-hydroxylation sites is 1. The Morgan fingerprint density at radius 1 is 0.957 bits per heavy atom. The van der Waals surface area contributed by atoms with E-state index in [1.165, 1.54) is 11.3 Å². The van der Waals surface area contributed by atoms with Gasteiger partial charge in [0.05, 0.1) is 5.75 Å². The molecule has 0 saturated carbocycles. The standard InChI is InChI=1S/C18H20N2O2S/c21-23(22,14-15-6-2-1-3-7-15)19-10-11-20-17(13-19)12-16-8-4-5-9-18(16)20/h1-9,17H,10-14H2. The molecule has 1 fully saturated rings. The average Bonchev–Trinajstić information content (AvgIpc) is 2.93. The molecule has 2 aromatic rings. The highest BCUT2D eigenvalue weighted by atomic mass is 32.2. The van der Waals surface area contributed by atoms with Crippen molar-refractivity contribution in [1.82, 2.24) is 4.31 Å². The number of sulfonamides is 1. The van der Waals surface area contributed by atoms with Crippen molar-refractivity contribution in [3.8, 4) is 0 Å². The third-order valence-electron chi connectivity index (χ3n) is 4.79. The van der Waals surface area contributed by atoms with Gasteiger partial charge in [0, 0.05) is 31.4 Å². The number of hydrogen-bond donors (Lipinski definition) is 0. The Bertz CT molecular complexity index is 805. The van der Waals surface area contributed by atoms with Crippen LogP contribution in [0.5, 0.6) is 0 Å². The quantitative estimate of drug-likeness (QED) is 0.868. The molecular weight excluding hydrogens is 308 g/mol. The molecule has 0 radical (unpaired) electrons. The second kappa shape index (κ2) is 5.65. The number of anilines is 1. The maximum atomic E-state index is 12.7. The Morgan fingerprint density at radius 2 is 1.70 bits per heavy atom. The molecule has 4 rings (SSSR count). The highest BCUT2D eigenvalue weighted by Crippen LogP contribution is 2.34. The molecule has 0 spiro atoms. The molecule has 23 heavy (non-hydrogen) atoms. The van der Waals surface area contributed by atoms with Gasteiger partial charge < -0.3 is 4.90 Å². The van der Waals surface area contributed by atoms with E-state index >= 15 is 0 Å². The number of fused-ring (bicyclic) bond motifs is 3. The van der Waals surface area contributed by atoms with E-state index in [1.807, 2.05) is 30.3 Å². The number of rotatable bonds is 3. The van der Waals surface area contributed by atoms with Crippen LogP contribution in [0.25, 0.3) is 0 Å². The van der Waals surface area contributed by atoms with Crippen molar-refractivity contribution in [2.75, 3.05) is 24.5 Å². The van der Waals surface area contributed by atoms with Gasteiger partial charge in [0.15, 0.2) is 0 Å². The van der Waals surface area contributed by atoms with Gasteiger partial charge in [-0.1, -0.05) is 48.5 Å². The topological polar surface area (TPSA) is 40.6 Å². The van der Waals surface area contributed by atoms with E-state index in [-0.39, 0.29) is 11.8 Å². The summed E-state index contributed by atoms with van der Waals surface area (Å²) in [6, 6.07) is 18.1. The molecular formula is C18H20N2O2S. The Hall–Kier alpha value is -1.85. The second-order valence-electron chi connectivity index (χ2n) is 6.28. The minimum absolute atomic E-state index is 0.0908. The molecule has 0 amide bonds. The Kier molecular flexibility index (Phi) is 3.62. The third-order valence-corrected chi connectivity index (χ3v) is 6.60. The van der Waals surface area contributed by atoms with Gasteiger partial charge >= 0.3 is 0 Å². The van der Waals surface area contributed by atoms with Crippen LogP contribution in [0, 0.1) is 0 Å². The number of nitrogens with zero attached hydrogens (tertiary/aromatic N) is 2. The molecule has 120 valence electrons. The first-order valence-corrected chi connectivity index (χ1v) is 9.61. The fraction of sp³-hybridized carbons (Fsp3) is 0.333. The summed E-state index contributed by atoms with van der Waals surface area (Å²) >= 11 is 0. The van der Waals surface area contributed by atoms with E-state index in [0.29, 0.717) is 13.1 Å². The summed E-state index contributed by atoms with van der Waals surface area (Å²) in [6.45, 7) is 1.93. The van der Waals surface area contributed by atoms with E-state index in [1.54, 1.807) is 4.31 Å². The van der Waals surface area contributed by atoms with Crippen LogP contribution in [0.4, 0.5) is 5.69 Å². The van der Waals surface area contributed by atoms with Gasteiger partial charge in [-0.2, -0.15) is 4.31 Å². The number of hydrogen-bond acceptors (Lipinski definition) is 3. The first kappa shape index (κ1) is 14.7. The van der Waals surface area contributed by atoms with Crippen molar-refractivity contribution >= 4 is 15.7 Å². The fourth-order valence-corrected chi connectivity index (χ4v) is 5.22. The van der Waals surface area contributed by atoms with Gasteiger partial charge in [-0.25, -0.2) is 8.42 Å². The Labute approximate surface area is 137 Å². The van der Waals surface area contributed by atoms with Crippen LogP contribution in [0.2, 0.25) is 0 Å².